The van der Waals surface area contributed by atoms with Gasteiger partial charge in [-0.2, -0.15) is 0 Å². The summed E-state index contributed by atoms with van der Waals surface area (Å²) in [5.74, 6) is 9.81. The Morgan fingerprint density at radius 3 is 2.00 bits per heavy atom. The third kappa shape index (κ3) is 2.76. The van der Waals surface area contributed by atoms with Crippen LogP contribution in [0.4, 0.5) is 0 Å². The second-order valence-electron chi connectivity index (χ2n) is 1.92. The van der Waals surface area contributed by atoms with Crippen molar-refractivity contribution in [1.29, 1.82) is 0 Å². The van der Waals surface area contributed by atoms with E-state index in [4.69, 9.17) is 11.8 Å². The fraction of sp³-hybridized carbons (Fsp3) is 1.00. The van der Waals surface area contributed by atoms with Crippen molar-refractivity contribution in [3.63, 3.8) is 0 Å². The lowest BCUT2D eigenvalue weighted by Gasteiger charge is -2.17. The molecule has 2 unspecified atom stereocenters. The zero-order chi connectivity index (χ0) is 7.28. The van der Waals surface area contributed by atoms with Crippen molar-refractivity contribution in [2.24, 2.45) is 11.8 Å². The molecule has 4 heteroatoms. The molecule has 0 aliphatic carbocycles. The molecule has 4 N–H and O–H groups in total. The maximum atomic E-state index is 4.92. The SMILES string of the molecule is CCC(ON)C(C)ON. The topological polar surface area (TPSA) is 70.5 Å². The van der Waals surface area contributed by atoms with Crippen molar-refractivity contribution in [3.05, 3.63) is 0 Å². The standard InChI is InChI=1S/C5H14N2O2/c1-3-5(9-7)4(2)8-6/h4-5H,3,6-7H2,1-2H3. The van der Waals surface area contributed by atoms with Gasteiger partial charge in [0.1, 0.15) is 12.2 Å². The Morgan fingerprint density at radius 2 is 1.89 bits per heavy atom. The van der Waals surface area contributed by atoms with Gasteiger partial charge in [-0.05, 0) is 13.3 Å². The Bertz CT molecular complexity index is 66.0. The van der Waals surface area contributed by atoms with Crippen LogP contribution in [-0.2, 0) is 9.68 Å². The van der Waals surface area contributed by atoms with Gasteiger partial charge in [-0.3, -0.25) is 9.68 Å². The first-order valence-corrected chi connectivity index (χ1v) is 2.97. The monoisotopic (exact) mass is 134 g/mol. The van der Waals surface area contributed by atoms with Crippen molar-refractivity contribution in [3.8, 4) is 0 Å². The molecule has 0 rings (SSSR count). The summed E-state index contributed by atoms with van der Waals surface area (Å²) >= 11 is 0. The molecule has 0 radical (unpaired) electrons. The minimum atomic E-state index is -0.139. The van der Waals surface area contributed by atoms with Crippen LogP contribution in [0.5, 0.6) is 0 Å². The van der Waals surface area contributed by atoms with Crippen LogP contribution in [0.2, 0.25) is 0 Å². The molecule has 0 aliphatic heterocycles. The van der Waals surface area contributed by atoms with Crippen LogP contribution >= 0.6 is 0 Å². The summed E-state index contributed by atoms with van der Waals surface area (Å²) in [6, 6.07) is 0. The maximum Gasteiger partial charge on any atom is 0.106 e. The summed E-state index contributed by atoms with van der Waals surface area (Å²) in [4.78, 5) is 9.04. The molecule has 0 saturated carbocycles. The summed E-state index contributed by atoms with van der Waals surface area (Å²) in [6.45, 7) is 3.76. The van der Waals surface area contributed by atoms with Gasteiger partial charge in [0.25, 0.3) is 0 Å². The molecule has 0 fully saturated rings. The van der Waals surface area contributed by atoms with Gasteiger partial charge in [-0.1, -0.05) is 6.92 Å². The largest absolute Gasteiger partial charge is 0.299 e. The van der Waals surface area contributed by atoms with Gasteiger partial charge in [0.2, 0.25) is 0 Å². The lowest BCUT2D eigenvalue weighted by Crippen LogP contribution is -2.32. The van der Waals surface area contributed by atoms with E-state index in [1.54, 1.807) is 6.92 Å². The quantitative estimate of drug-likeness (QED) is 0.528. The summed E-state index contributed by atoms with van der Waals surface area (Å²) in [7, 11) is 0. The first-order chi connectivity index (χ1) is 4.26. The first kappa shape index (κ1) is 8.84. The minimum absolute atomic E-state index is 0.102. The second kappa shape index (κ2) is 4.69. The predicted molar refractivity (Wildman–Crippen MR) is 34.1 cm³/mol. The van der Waals surface area contributed by atoms with Crippen LogP contribution in [-0.4, -0.2) is 12.2 Å². The number of hydrogen-bond acceptors (Lipinski definition) is 4. The molecule has 0 aliphatic rings. The van der Waals surface area contributed by atoms with Gasteiger partial charge in [0, 0.05) is 0 Å². The van der Waals surface area contributed by atoms with Crippen molar-refractivity contribution in [2.75, 3.05) is 0 Å². The fourth-order valence-corrected chi connectivity index (χ4v) is 0.626. The molecular weight excluding hydrogens is 120 g/mol. The number of hydrogen-bond donors (Lipinski definition) is 2. The highest BCUT2D eigenvalue weighted by molar-refractivity contribution is 4.61. The van der Waals surface area contributed by atoms with Crippen molar-refractivity contribution in [2.45, 2.75) is 32.5 Å². The van der Waals surface area contributed by atoms with E-state index in [-0.39, 0.29) is 12.2 Å². The molecule has 0 heterocycles. The van der Waals surface area contributed by atoms with Crippen LogP contribution < -0.4 is 11.8 Å². The van der Waals surface area contributed by atoms with Gasteiger partial charge in [-0.15, -0.1) is 0 Å². The van der Waals surface area contributed by atoms with E-state index in [9.17, 15) is 0 Å². The number of rotatable bonds is 4. The van der Waals surface area contributed by atoms with Crippen LogP contribution in [0.1, 0.15) is 20.3 Å². The molecule has 0 bridgehead atoms. The average Bonchev–Trinajstić information content (AvgIpc) is 1.90. The Balaban J connectivity index is 3.50. The Labute approximate surface area is 55.0 Å². The Kier molecular flexibility index (Phi) is 4.61. The molecule has 0 spiro atoms. The number of nitrogens with two attached hydrogens (primary N) is 2. The van der Waals surface area contributed by atoms with E-state index in [1.165, 1.54) is 0 Å². The molecule has 0 aromatic rings. The molecule has 56 valence electrons. The molecule has 4 nitrogen and oxygen atoms in total. The smallest absolute Gasteiger partial charge is 0.106 e. The lowest BCUT2D eigenvalue weighted by molar-refractivity contribution is -0.0691. The van der Waals surface area contributed by atoms with Gasteiger partial charge in [0.15, 0.2) is 0 Å². The highest BCUT2D eigenvalue weighted by Crippen LogP contribution is 2.02. The Morgan fingerprint density at radius 1 is 1.33 bits per heavy atom. The van der Waals surface area contributed by atoms with E-state index in [0.717, 1.165) is 6.42 Å². The van der Waals surface area contributed by atoms with Crippen LogP contribution in [0.3, 0.4) is 0 Å². The van der Waals surface area contributed by atoms with Crippen LogP contribution in [0, 0.1) is 0 Å². The molecule has 2 atom stereocenters. The van der Waals surface area contributed by atoms with E-state index in [1.807, 2.05) is 6.92 Å². The normalized spacial score (nSPS) is 17.3. The van der Waals surface area contributed by atoms with E-state index < -0.39 is 0 Å². The van der Waals surface area contributed by atoms with Gasteiger partial charge in [0.05, 0.1) is 0 Å². The highest BCUT2D eigenvalue weighted by Gasteiger charge is 2.14. The maximum absolute atomic E-state index is 4.92. The second-order valence-corrected chi connectivity index (χ2v) is 1.92. The fourth-order valence-electron chi connectivity index (χ4n) is 0.626. The molecular formula is C5H14N2O2. The van der Waals surface area contributed by atoms with E-state index >= 15 is 0 Å². The summed E-state index contributed by atoms with van der Waals surface area (Å²) in [6.07, 6.45) is 0.560. The average molecular weight is 134 g/mol. The van der Waals surface area contributed by atoms with Gasteiger partial charge >= 0.3 is 0 Å². The van der Waals surface area contributed by atoms with Gasteiger partial charge in [-0.25, -0.2) is 11.8 Å². The summed E-state index contributed by atoms with van der Waals surface area (Å²) < 4.78 is 0. The molecule has 0 aromatic heterocycles. The van der Waals surface area contributed by atoms with Gasteiger partial charge < -0.3 is 0 Å². The first-order valence-electron chi connectivity index (χ1n) is 2.97. The zero-order valence-electron chi connectivity index (χ0n) is 5.83. The highest BCUT2D eigenvalue weighted by atomic mass is 16.7. The third-order valence-corrected chi connectivity index (χ3v) is 1.32. The van der Waals surface area contributed by atoms with Crippen LogP contribution in [0.15, 0.2) is 0 Å². The summed E-state index contributed by atoms with van der Waals surface area (Å²) in [5, 5.41) is 0. The van der Waals surface area contributed by atoms with Crippen molar-refractivity contribution >= 4 is 0 Å². The van der Waals surface area contributed by atoms with Crippen molar-refractivity contribution < 1.29 is 9.68 Å². The molecule has 0 aromatic carbocycles. The summed E-state index contributed by atoms with van der Waals surface area (Å²) in [5.41, 5.74) is 0. The van der Waals surface area contributed by atoms with E-state index in [2.05, 4.69) is 9.68 Å². The third-order valence-electron chi connectivity index (χ3n) is 1.32. The molecule has 0 amide bonds. The van der Waals surface area contributed by atoms with E-state index in [0.29, 0.717) is 0 Å². The zero-order valence-corrected chi connectivity index (χ0v) is 5.83. The van der Waals surface area contributed by atoms with Crippen LogP contribution in [0.25, 0.3) is 0 Å². The molecule has 9 heavy (non-hydrogen) atoms. The lowest BCUT2D eigenvalue weighted by atomic mass is 10.2. The molecule has 0 saturated heterocycles. The van der Waals surface area contributed by atoms with Crippen molar-refractivity contribution in [1.82, 2.24) is 0 Å². The Hall–Kier alpha value is -0.160. The minimum Gasteiger partial charge on any atom is -0.299 e. The predicted octanol–water partition coefficient (Wildman–Crippen LogP) is -0.0659.